The summed E-state index contributed by atoms with van der Waals surface area (Å²) < 4.78 is 11.6. The Hall–Kier alpha value is -3.01. The van der Waals surface area contributed by atoms with E-state index >= 15 is 0 Å². The lowest BCUT2D eigenvalue weighted by Gasteiger charge is -2.25. The van der Waals surface area contributed by atoms with Gasteiger partial charge in [0.05, 0.1) is 30.5 Å². The number of carbonyl (C=O) groups is 1. The number of thiazole rings is 2. The Kier molecular flexibility index (Phi) is 5.54. The molecule has 1 aliphatic rings. The number of carbonyl (C=O) groups excluding carboxylic acids is 1. The molecule has 1 fully saturated rings. The zero-order chi connectivity index (χ0) is 21.2. The van der Waals surface area contributed by atoms with Gasteiger partial charge in [0.2, 0.25) is 0 Å². The minimum Gasteiger partial charge on any atom is -0.497 e. The Labute approximate surface area is 187 Å². The molecule has 3 heterocycles. The van der Waals surface area contributed by atoms with Crippen LogP contribution in [-0.2, 0) is 4.74 Å². The second kappa shape index (κ2) is 8.62. The maximum Gasteiger partial charge on any atom is 0.275 e. The van der Waals surface area contributed by atoms with Gasteiger partial charge in [-0.2, -0.15) is 0 Å². The Bertz CT molecular complexity index is 1210. The van der Waals surface area contributed by atoms with Crippen molar-refractivity contribution in [1.82, 2.24) is 9.97 Å². The van der Waals surface area contributed by atoms with Gasteiger partial charge in [0.15, 0.2) is 5.13 Å². The number of rotatable bonds is 5. The second-order valence-electron chi connectivity index (χ2n) is 7.00. The molecule has 0 aliphatic carbocycles. The number of amides is 1. The zero-order valence-electron chi connectivity index (χ0n) is 16.8. The number of fused-ring (bicyclic) bond motifs is 1. The molecule has 1 amide bonds. The van der Waals surface area contributed by atoms with Crippen molar-refractivity contribution < 1.29 is 14.3 Å². The number of anilines is 2. The Balaban J connectivity index is 1.31. The predicted molar refractivity (Wildman–Crippen MR) is 125 cm³/mol. The molecule has 1 N–H and O–H groups in total. The van der Waals surface area contributed by atoms with Gasteiger partial charge in [-0.3, -0.25) is 4.79 Å². The SMILES string of the molecule is COc1ccc(-c2nc(C(=O)Nc3ccc4nc(N5CCOCC5)sc4c3)cs2)cc1. The van der Waals surface area contributed by atoms with Crippen LogP contribution in [0.1, 0.15) is 10.5 Å². The number of ether oxygens (including phenoxy) is 2. The summed E-state index contributed by atoms with van der Waals surface area (Å²) in [6, 6.07) is 13.4. The number of hydrogen-bond donors (Lipinski definition) is 1. The lowest BCUT2D eigenvalue weighted by atomic mass is 10.2. The molecule has 2 aromatic heterocycles. The highest BCUT2D eigenvalue weighted by atomic mass is 32.1. The van der Waals surface area contributed by atoms with Crippen molar-refractivity contribution in [3.63, 3.8) is 0 Å². The molecule has 5 rings (SSSR count). The third-order valence-electron chi connectivity index (χ3n) is 4.99. The van der Waals surface area contributed by atoms with Crippen LogP contribution < -0.4 is 15.0 Å². The van der Waals surface area contributed by atoms with Gasteiger partial charge < -0.3 is 19.7 Å². The van der Waals surface area contributed by atoms with E-state index in [0.717, 1.165) is 63.7 Å². The van der Waals surface area contributed by atoms with Crippen LogP contribution in [0.3, 0.4) is 0 Å². The third kappa shape index (κ3) is 4.25. The van der Waals surface area contributed by atoms with E-state index < -0.39 is 0 Å². The summed E-state index contributed by atoms with van der Waals surface area (Å²) in [5.41, 5.74) is 3.01. The summed E-state index contributed by atoms with van der Waals surface area (Å²) in [7, 11) is 1.63. The molecule has 0 atom stereocenters. The van der Waals surface area contributed by atoms with E-state index in [1.807, 2.05) is 42.5 Å². The molecule has 4 aromatic rings. The van der Waals surface area contributed by atoms with Crippen LogP contribution in [0.2, 0.25) is 0 Å². The highest BCUT2D eigenvalue weighted by molar-refractivity contribution is 7.22. The van der Waals surface area contributed by atoms with Gasteiger partial charge >= 0.3 is 0 Å². The smallest absolute Gasteiger partial charge is 0.275 e. The number of methoxy groups -OCH3 is 1. The van der Waals surface area contributed by atoms with E-state index in [-0.39, 0.29) is 5.91 Å². The minimum absolute atomic E-state index is 0.228. The van der Waals surface area contributed by atoms with Gasteiger partial charge in [0.25, 0.3) is 5.91 Å². The highest BCUT2D eigenvalue weighted by Crippen LogP contribution is 2.31. The van der Waals surface area contributed by atoms with Crippen molar-refractivity contribution in [3.8, 4) is 16.3 Å². The molecule has 0 saturated carbocycles. The fourth-order valence-electron chi connectivity index (χ4n) is 3.32. The van der Waals surface area contributed by atoms with Crippen LogP contribution in [-0.4, -0.2) is 49.3 Å². The van der Waals surface area contributed by atoms with Gasteiger partial charge in [0.1, 0.15) is 16.5 Å². The van der Waals surface area contributed by atoms with Gasteiger partial charge in [0, 0.05) is 29.7 Å². The van der Waals surface area contributed by atoms with E-state index in [0.29, 0.717) is 5.69 Å². The van der Waals surface area contributed by atoms with E-state index in [1.165, 1.54) is 11.3 Å². The molecular formula is C22H20N4O3S2. The Morgan fingerprint density at radius 2 is 1.94 bits per heavy atom. The van der Waals surface area contributed by atoms with Crippen molar-refractivity contribution in [1.29, 1.82) is 0 Å². The molecule has 2 aromatic carbocycles. The summed E-state index contributed by atoms with van der Waals surface area (Å²) in [6.45, 7) is 3.15. The van der Waals surface area contributed by atoms with E-state index in [1.54, 1.807) is 23.8 Å². The molecule has 1 aliphatic heterocycles. The number of hydrogen-bond acceptors (Lipinski definition) is 8. The summed E-state index contributed by atoms with van der Waals surface area (Å²) >= 11 is 3.07. The first-order valence-corrected chi connectivity index (χ1v) is 11.5. The molecule has 7 nitrogen and oxygen atoms in total. The molecule has 0 radical (unpaired) electrons. The largest absolute Gasteiger partial charge is 0.497 e. The molecule has 158 valence electrons. The molecule has 0 unspecified atom stereocenters. The molecule has 9 heteroatoms. The third-order valence-corrected chi connectivity index (χ3v) is 6.96. The predicted octanol–water partition coefficient (Wildman–Crippen LogP) is 4.52. The average Bonchev–Trinajstić information content (AvgIpc) is 3.47. The zero-order valence-corrected chi connectivity index (χ0v) is 18.5. The van der Waals surface area contributed by atoms with Gasteiger partial charge in [-0.25, -0.2) is 9.97 Å². The topological polar surface area (TPSA) is 76.6 Å². The second-order valence-corrected chi connectivity index (χ2v) is 8.87. The van der Waals surface area contributed by atoms with Gasteiger partial charge in [-0.05, 0) is 42.5 Å². The minimum atomic E-state index is -0.228. The summed E-state index contributed by atoms with van der Waals surface area (Å²) in [5.74, 6) is 0.557. The summed E-state index contributed by atoms with van der Waals surface area (Å²) in [5, 5.41) is 6.51. The molecule has 1 saturated heterocycles. The van der Waals surface area contributed by atoms with Crippen molar-refractivity contribution >= 4 is 49.6 Å². The maximum absolute atomic E-state index is 12.7. The van der Waals surface area contributed by atoms with E-state index in [9.17, 15) is 4.79 Å². The number of benzene rings is 2. The van der Waals surface area contributed by atoms with Gasteiger partial charge in [-0.15, -0.1) is 11.3 Å². The van der Waals surface area contributed by atoms with Crippen molar-refractivity contribution in [2.75, 3.05) is 43.6 Å². The fourth-order valence-corrected chi connectivity index (χ4v) is 5.18. The Morgan fingerprint density at radius 1 is 1.13 bits per heavy atom. The molecular weight excluding hydrogens is 432 g/mol. The van der Waals surface area contributed by atoms with Gasteiger partial charge in [-0.1, -0.05) is 11.3 Å². The summed E-state index contributed by atoms with van der Waals surface area (Å²) in [4.78, 5) is 24.2. The quantitative estimate of drug-likeness (QED) is 0.480. The fraction of sp³-hybridized carbons (Fsp3) is 0.227. The maximum atomic E-state index is 12.7. The van der Waals surface area contributed by atoms with Crippen LogP contribution in [0.5, 0.6) is 5.75 Å². The summed E-state index contributed by atoms with van der Waals surface area (Å²) in [6.07, 6.45) is 0. The lowest BCUT2D eigenvalue weighted by Crippen LogP contribution is -2.36. The number of morpholine rings is 1. The monoisotopic (exact) mass is 452 g/mol. The number of nitrogens with zero attached hydrogens (tertiary/aromatic N) is 3. The first-order chi connectivity index (χ1) is 15.2. The lowest BCUT2D eigenvalue weighted by molar-refractivity contribution is 0.102. The normalized spacial score (nSPS) is 14.0. The number of aromatic nitrogens is 2. The molecule has 0 spiro atoms. The first kappa shape index (κ1) is 19.9. The standard InChI is InChI=1S/C22H20N4O3S2/c1-28-16-5-2-14(3-6-16)21-24-18(13-30-21)20(27)23-15-4-7-17-19(12-15)31-22(25-17)26-8-10-29-11-9-26/h2-7,12-13H,8-11H2,1H3,(H,23,27). The molecule has 0 bridgehead atoms. The van der Waals surface area contributed by atoms with Crippen LogP contribution in [0, 0.1) is 0 Å². The van der Waals surface area contributed by atoms with Crippen LogP contribution >= 0.6 is 22.7 Å². The van der Waals surface area contributed by atoms with Crippen molar-refractivity contribution in [3.05, 3.63) is 53.5 Å². The van der Waals surface area contributed by atoms with Crippen molar-refractivity contribution in [2.24, 2.45) is 0 Å². The molecule has 31 heavy (non-hydrogen) atoms. The van der Waals surface area contributed by atoms with E-state index in [4.69, 9.17) is 14.5 Å². The van der Waals surface area contributed by atoms with Crippen LogP contribution in [0.4, 0.5) is 10.8 Å². The first-order valence-electron chi connectivity index (χ1n) is 9.84. The number of nitrogens with one attached hydrogen (secondary N) is 1. The van der Waals surface area contributed by atoms with Crippen molar-refractivity contribution in [2.45, 2.75) is 0 Å². The van der Waals surface area contributed by atoms with E-state index in [2.05, 4.69) is 15.2 Å². The van der Waals surface area contributed by atoms with Crippen LogP contribution in [0.15, 0.2) is 47.8 Å². The Morgan fingerprint density at radius 3 is 2.71 bits per heavy atom. The van der Waals surface area contributed by atoms with Crippen LogP contribution in [0.25, 0.3) is 20.8 Å². The highest BCUT2D eigenvalue weighted by Gasteiger charge is 2.17. The average molecular weight is 453 g/mol.